The molecule has 0 atom stereocenters. The molecule has 3 aromatic carbocycles. The molecule has 0 saturated heterocycles. The van der Waals surface area contributed by atoms with Gasteiger partial charge in [-0.05, 0) is 47.5 Å². The Morgan fingerprint density at radius 2 is 1.77 bits per heavy atom. The lowest BCUT2D eigenvalue weighted by Crippen LogP contribution is -2.31. The Kier molecular flexibility index (Phi) is 5.00. The van der Waals surface area contributed by atoms with Gasteiger partial charge < -0.3 is 4.74 Å². The largest absolute Gasteiger partial charge is 0.495 e. The lowest BCUT2D eigenvalue weighted by atomic mass is 10.1. The van der Waals surface area contributed by atoms with Crippen LogP contribution in [0.15, 0.2) is 78.2 Å². The topological polar surface area (TPSA) is 46.6 Å². The molecule has 134 valence electrons. The molecule has 0 N–H and O–H groups in total. The Labute approximate surface area is 154 Å². The number of rotatable bonds is 6. The number of nitrogens with zero attached hydrogens (tertiary/aromatic N) is 1. The highest BCUT2D eigenvalue weighted by Crippen LogP contribution is 2.34. The van der Waals surface area contributed by atoms with Crippen LogP contribution in [0, 0.1) is 6.92 Å². The number of ether oxygens (including phenoxy) is 1. The number of anilines is 1. The number of sulfonamides is 1. The third-order valence-corrected chi connectivity index (χ3v) is 5.98. The van der Waals surface area contributed by atoms with E-state index in [1.165, 1.54) is 11.4 Å². The van der Waals surface area contributed by atoms with Gasteiger partial charge in [-0.15, -0.1) is 6.58 Å². The normalized spacial score (nSPS) is 11.3. The summed E-state index contributed by atoms with van der Waals surface area (Å²) in [6.07, 6.45) is 1.57. The second-order valence-corrected chi connectivity index (χ2v) is 7.87. The average Bonchev–Trinajstić information content (AvgIpc) is 2.65. The SMILES string of the molecule is C=CCN(c1cc(C)ccc1OC)S(=O)(=O)c1ccc2ccccc2c1. The lowest BCUT2D eigenvalue weighted by molar-refractivity contribution is 0.415. The molecule has 0 amide bonds. The Hall–Kier alpha value is -2.79. The summed E-state index contributed by atoms with van der Waals surface area (Å²) < 4.78 is 33.5. The van der Waals surface area contributed by atoms with Crippen molar-refractivity contribution < 1.29 is 13.2 Å². The van der Waals surface area contributed by atoms with Crippen molar-refractivity contribution in [3.8, 4) is 5.75 Å². The molecule has 3 aromatic rings. The van der Waals surface area contributed by atoms with E-state index < -0.39 is 10.0 Å². The smallest absolute Gasteiger partial charge is 0.264 e. The highest BCUT2D eigenvalue weighted by Gasteiger charge is 2.26. The summed E-state index contributed by atoms with van der Waals surface area (Å²) in [5, 5.41) is 1.87. The monoisotopic (exact) mass is 367 g/mol. The molecule has 26 heavy (non-hydrogen) atoms. The van der Waals surface area contributed by atoms with Crippen LogP contribution in [-0.2, 0) is 10.0 Å². The van der Waals surface area contributed by atoms with Gasteiger partial charge in [0.15, 0.2) is 0 Å². The average molecular weight is 367 g/mol. The molecule has 0 aromatic heterocycles. The number of benzene rings is 3. The molecule has 0 aliphatic heterocycles. The highest BCUT2D eigenvalue weighted by molar-refractivity contribution is 7.92. The number of hydrogen-bond acceptors (Lipinski definition) is 3. The fraction of sp³-hybridized carbons (Fsp3) is 0.143. The maximum Gasteiger partial charge on any atom is 0.264 e. The van der Waals surface area contributed by atoms with E-state index in [2.05, 4.69) is 6.58 Å². The van der Waals surface area contributed by atoms with Crippen LogP contribution >= 0.6 is 0 Å². The number of fused-ring (bicyclic) bond motifs is 1. The van der Waals surface area contributed by atoms with Crippen LogP contribution < -0.4 is 9.04 Å². The van der Waals surface area contributed by atoms with E-state index in [0.29, 0.717) is 11.4 Å². The van der Waals surface area contributed by atoms with Gasteiger partial charge in [-0.3, -0.25) is 4.31 Å². The maximum atomic E-state index is 13.4. The molecule has 0 saturated carbocycles. The van der Waals surface area contributed by atoms with Crippen LogP contribution in [0.25, 0.3) is 10.8 Å². The Morgan fingerprint density at radius 3 is 2.46 bits per heavy atom. The fourth-order valence-corrected chi connectivity index (χ4v) is 4.37. The minimum atomic E-state index is -3.78. The third kappa shape index (κ3) is 3.30. The Morgan fingerprint density at radius 1 is 1.04 bits per heavy atom. The predicted octanol–water partition coefficient (Wildman–Crippen LogP) is 4.54. The van der Waals surface area contributed by atoms with E-state index in [9.17, 15) is 8.42 Å². The molecule has 0 bridgehead atoms. The zero-order valence-corrected chi connectivity index (χ0v) is 15.7. The van der Waals surface area contributed by atoms with Gasteiger partial charge in [0.05, 0.1) is 24.2 Å². The summed E-state index contributed by atoms with van der Waals surface area (Å²) in [4.78, 5) is 0.238. The number of aryl methyl sites for hydroxylation is 1. The second-order valence-electron chi connectivity index (χ2n) is 6.01. The first kappa shape index (κ1) is 18.0. The molecule has 0 radical (unpaired) electrons. The van der Waals surface area contributed by atoms with Gasteiger partial charge in [-0.25, -0.2) is 8.42 Å². The molecule has 0 unspecified atom stereocenters. The van der Waals surface area contributed by atoms with E-state index in [1.54, 1.807) is 30.3 Å². The number of hydrogen-bond donors (Lipinski definition) is 0. The molecular weight excluding hydrogens is 346 g/mol. The Bertz CT molecular complexity index is 1060. The quantitative estimate of drug-likeness (QED) is 0.601. The molecule has 0 aliphatic carbocycles. The minimum absolute atomic E-state index is 0.148. The molecular formula is C21H21NO3S. The van der Waals surface area contributed by atoms with Crippen molar-refractivity contribution in [3.63, 3.8) is 0 Å². The van der Waals surface area contributed by atoms with Crippen LogP contribution in [0.4, 0.5) is 5.69 Å². The van der Waals surface area contributed by atoms with Crippen LogP contribution in [0.1, 0.15) is 5.56 Å². The summed E-state index contributed by atoms with van der Waals surface area (Å²) in [7, 11) is -2.24. The maximum absolute atomic E-state index is 13.4. The van der Waals surface area contributed by atoms with Crippen LogP contribution in [0.2, 0.25) is 0 Å². The Balaban J connectivity index is 2.17. The van der Waals surface area contributed by atoms with Crippen molar-refractivity contribution in [1.82, 2.24) is 0 Å². The first-order valence-corrected chi connectivity index (χ1v) is 9.68. The van der Waals surface area contributed by atoms with E-state index in [1.807, 2.05) is 43.3 Å². The summed E-state index contributed by atoms with van der Waals surface area (Å²) in [6.45, 7) is 5.78. The van der Waals surface area contributed by atoms with Gasteiger partial charge >= 0.3 is 0 Å². The van der Waals surface area contributed by atoms with Gasteiger partial charge in [0, 0.05) is 0 Å². The second kappa shape index (κ2) is 7.22. The summed E-state index contributed by atoms with van der Waals surface area (Å²) >= 11 is 0. The first-order chi connectivity index (χ1) is 12.5. The van der Waals surface area contributed by atoms with Crippen LogP contribution in [0.3, 0.4) is 0 Å². The summed E-state index contributed by atoms with van der Waals surface area (Å²) in [5.41, 5.74) is 1.45. The van der Waals surface area contributed by atoms with Crippen molar-refractivity contribution in [2.45, 2.75) is 11.8 Å². The standard InChI is InChI=1S/C21H21NO3S/c1-4-13-22(20-14-16(2)9-12-21(20)25-3)26(23,24)19-11-10-17-7-5-6-8-18(17)15-19/h4-12,14-15H,1,13H2,2-3H3. The van der Waals surface area contributed by atoms with Crippen molar-refractivity contribution in [3.05, 3.63) is 78.9 Å². The molecule has 3 rings (SSSR count). The van der Waals surface area contributed by atoms with E-state index in [-0.39, 0.29) is 11.4 Å². The zero-order chi connectivity index (χ0) is 18.7. The van der Waals surface area contributed by atoms with E-state index >= 15 is 0 Å². The molecule has 0 spiro atoms. The van der Waals surface area contributed by atoms with E-state index in [0.717, 1.165) is 16.3 Å². The highest BCUT2D eigenvalue weighted by atomic mass is 32.2. The van der Waals surface area contributed by atoms with Gasteiger partial charge in [-0.2, -0.15) is 0 Å². The van der Waals surface area contributed by atoms with Gasteiger partial charge in [-0.1, -0.05) is 42.5 Å². The lowest BCUT2D eigenvalue weighted by Gasteiger charge is -2.25. The third-order valence-electron chi connectivity index (χ3n) is 4.21. The van der Waals surface area contributed by atoms with Crippen molar-refractivity contribution in [2.75, 3.05) is 18.0 Å². The fourth-order valence-electron chi connectivity index (χ4n) is 2.89. The minimum Gasteiger partial charge on any atom is -0.495 e. The van der Waals surface area contributed by atoms with E-state index in [4.69, 9.17) is 4.74 Å². The van der Waals surface area contributed by atoms with Crippen molar-refractivity contribution in [2.24, 2.45) is 0 Å². The van der Waals surface area contributed by atoms with Gasteiger partial charge in [0.2, 0.25) is 0 Å². The molecule has 4 nitrogen and oxygen atoms in total. The first-order valence-electron chi connectivity index (χ1n) is 8.24. The molecule has 0 heterocycles. The van der Waals surface area contributed by atoms with Crippen LogP contribution in [0.5, 0.6) is 5.75 Å². The molecule has 0 aliphatic rings. The van der Waals surface area contributed by atoms with Gasteiger partial charge in [0.25, 0.3) is 10.0 Å². The van der Waals surface area contributed by atoms with Crippen LogP contribution in [-0.4, -0.2) is 22.1 Å². The van der Waals surface area contributed by atoms with Crippen molar-refractivity contribution >= 4 is 26.5 Å². The summed E-state index contributed by atoms with van der Waals surface area (Å²) in [6, 6.07) is 18.3. The summed E-state index contributed by atoms with van der Waals surface area (Å²) in [5.74, 6) is 0.502. The molecule has 0 fully saturated rings. The van der Waals surface area contributed by atoms with Gasteiger partial charge in [0.1, 0.15) is 5.75 Å². The predicted molar refractivity (Wildman–Crippen MR) is 106 cm³/mol. The molecule has 5 heteroatoms. The zero-order valence-electron chi connectivity index (χ0n) is 14.8. The number of methoxy groups -OCH3 is 1. The van der Waals surface area contributed by atoms with Crippen molar-refractivity contribution in [1.29, 1.82) is 0 Å².